The summed E-state index contributed by atoms with van der Waals surface area (Å²) in [6.07, 6.45) is 22.3. The molecule has 1 heterocycles. The summed E-state index contributed by atoms with van der Waals surface area (Å²) in [5.74, 6) is 0. The van der Waals surface area contributed by atoms with Gasteiger partial charge in [0.05, 0.1) is 0 Å². The number of aryl methyl sites for hydroxylation is 3. The van der Waals surface area contributed by atoms with Gasteiger partial charge in [-0.15, -0.1) is 0 Å². The fourth-order valence-corrected chi connectivity index (χ4v) is 3.30. The quantitative estimate of drug-likeness (QED) is 0.275. The molecule has 0 aliphatic carbocycles. The van der Waals surface area contributed by atoms with Crippen LogP contribution < -0.4 is 4.57 Å². The zero-order valence-corrected chi connectivity index (χ0v) is 16.1. The maximum Gasteiger partial charge on any atom is 0.171 e. The second kappa shape index (κ2) is 13.6. The van der Waals surface area contributed by atoms with Crippen molar-refractivity contribution in [1.29, 1.82) is 0 Å². The van der Waals surface area contributed by atoms with Crippen LogP contribution in [0, 0.1) is 0 Å². The van der Waals surface area contributed by atoms with E-state index in [1.54, 1.807) is 11.1 Å². The van der Waals surface area contributed by atoms with E-state index >= 15 is 0 Å². The predicted octanol–water partition coefficient (Wildman–Crippen LogP) is 6.41. The summed E-state index contributed by atoms with van der Waals surface area (Å²) in [6.45, 7) is 8.01. The van der Waals surface area contributed by atoms with Crippen molar-refractivity contribution in [3.8, 4) is 0 Å². The van der Waals surface area contributed by atoms with E-state index in [1.165, 1.54) is 83.5 Å². The van der Waals surface area contributed by atoms with E-state index in [4.69, 9.17) is 0 Å². The zero-order chi connectivity index (χ0) is 16.8. The van der Waals surface area contributed by atoms with Gasteiger partial charge in [0.1, 0.15) is 6.54 Å². The first-order valence-corrected chi connectivity index (χ1v) is 10.3. The van der Waals surface area contributed by atoms with Gasteiger partial charge in [0, 0.05) is 17.5 Å². The molecular formula is C22H40N+. The highest BCUT2D eigenvalue weighted by atomic mass is 14.9. The second-order valence-electron chi connectivity index (χ2n) is 7.12. The third kappa shape index (κ3) is 9.79. The van der Waals surface area contributed by atoms with Gasteiger partial charge in [0.25, 0.3) is 0 Å². The number of unbranched alkanes of at least 4 members (excludes halogenated alkanes) is 8. The van der Waals surface area contributed by atoms with Crippen LogP contribution in [0.15, 0.2) is 18.5 Å². The van der Waals surface area contributed by atoms with Crippen LogP contribution in [0.5, 0.6) is 0 Å². The molecule has 0 atom stereocenters. The monoisotopic (exact) mass is 318 g/mol. The van der Waals surface area contributed by atoms with E-state index in [-0.39, 0.29) is 0 Å². The third-order valence-corrected chi connectivity index (χ3v) is 4.65. The van der Waals surface area contributed by atoms with Gasteiger partial charge < -0.3 is 0 Å². The lowest BCUT2D eigenvalue weighted by molar-refractivity contribution is -0.697. The lowest BCUT2D eigenvalue weighted by Crippen LogP contribution is -2.34. The van der Waals surface area contributed by atoms with Crippen molar-refractivity contribution in [3.05, 3.63) is 29.6 Å². The minimum absolute atomic E-state index is 1.16. The lowest BCUT2D eigenvalue weighted by atomic mass is 10.0. The molecule has 0 saturated heterocycles. The van der Waals surface area contributed by atoms with Crippen LogP contribution in [0.2, 0.25) is 0 Å². The van der Waals surface area contributed by atoms with Crippen molar-refractivity contribution in [2.75, 3.05) is 0 Å². The number of pyridine rings is 1. The van der Waals surface area contributed by atoms with E-state index in [9.17, 15) is 0 Å². The maximum absolute atomic E-state index is 2.48. The highest BCUT2D eigenvalue weighted by Crippen LogP contribution is 2.12. The average molecular weight is 319 g/mol. The summed E-state index contributed by atoms with van der Waals surface area (Å²) in [5.41, 5.74) is 3.11. The highest BCUT2D eigenvalue weighted by Gasteiger charge is 2.07. The topological polar surface area (TPSA) is 3.88 Å². The van der Waals surface area contributed by atoms with Gasteiger partial charge in [-0.3, -0.25) is 0 Å². The number of rotatable bonds is 14. The van der Waals surface area contributed by atoms with E-state index in [0.717, 1.165) is 6.54 Å². The Kier molecular flexibility index (Phi) is 11.9. The maximum atomic E-state index is 2.48. The van der Waals surface area contributed by atoms with E-state index < -0.39 is 0 Å². The van der Waals surface area contributed by atoms with Crippen molar-refractivity contribution < 1.29 is 4.57 Å². The molecule has 0 amide bonds. The standard InChI is InChI=1S/C22H40N/c1-4-7-9-11-13-15-21-18-22(16-14-12-10-8-5-2)20-23(19-21)17-6-3/h18-20H,4-17H2,1-3H3/q+1. The molecule has 132 valence electrons. The van der Waals surface area contributed by atoms with Gasteiger partial charge in [0.15, 0.2) is 12.4 Å². The van der Waals surface area contributed by atoms with Crippen molar-refractivity contribution in [2.45, 2.75) is 111 Å². The molecule has 0 aromatic carbocycles. The first-order valence-electron chi connectivity index (χ1n) is 10.3. The Labute approximate surface area is 145 Å². The lowest BCUT2D eigenvalue weighted by Gasteiger charge is -2.06. The number of aromatic nitrogens is 1. The van der Waals surface area contributed by atoms with Gasteiger partial charge >= 0.3 is 0 Å². The fourth-order valence-electron chi connectivity index (χ4n) is 3.30. The molecule has 0 N–H and O–H groups in total. The van der Waals surface area contributed by atoms with Crippen LogP contribution in [-0.2, 0) is 19.4 Å². The largest absolute Gasteiger partial charge is 0.205 e. The Morgan fingerprint density at radius 2 is 1.09 bits per heavy atom. The van der Waals surface area contributed by atoms with Gasteiger partial charge in [-0.05, 0) is 31.7 Å². The summed E-state index contributed by atoms with van der Waals surface area (Å²) < 4.78 is 2.43. The molecular weight excluding hydrogens is 278 g/mol. The summed E-state index contributed by atoms with van der Waals surface area (Å²) in [6, 6.07) is 2.48. The molecule has 1 aromatic rings. The second-order valence-corrected chi connectivity index (χ2v) is 7.12. The summed E-state index contributed by atoms with van der Waals surface area (Å²) in [7, 11) is 0. The molecule has 0 aliphatic heterocycles. The van der Waals surface area contributed by atoms with E-state index in [0.29, 0.717) is 0 Å². The van der Waals surface area contributed by atoms with E-state index in [2.05, 4.69) is 43.8 Å². The van der Waals surface area contributed by atoms with Crippen LogP contribution in [-0.4, -0.2) is 0 Å². The Morgan fingerprint density at radius 1 is 0.609 bits per heavy atom. The molecule has 0 bridgehead atoms. The van der Waals surface area contributed by atoms with Gasteiger partial charge in [-0.1, -0.05) is 72.1 Å². The molecule has 0 radical (unpaired) electrons. The van der Waals surface area contributed by atoms with Crippen LogP contribution >= 0.6 is 0 Å². The van der Waals surface area contributed by atoms with Crippen molar-refractivity contribution in [1.82, 2.24) is 0 Å². The molecule has 0 unspecified atom stereocenters. The normalized spacial score (nSPS) is 11.1. The van der Waals surface area contributed by atoms with Crippen molar-refractivity contribution in [3.63, 3.8) is 0 Å². The first-order chi connectivity index (χ1) is 11.3. The zero-order valence-electron chi connectivity index (χ0n) is 16.1. The SMILES string of the molecule is CCCCCCCc1cc(CCCCCCC)c[n+](CCC)c1. The minimum atomic E-state index is 1.16. The molecule has 1 aromatic heterocycles. The van der Waals surface area contributed by atoms with Crippen LogP contribution in [0.1, 0.15) is 103 Å². The molecule has 1 rings (SSSR count). The average Bonchev–Trinajstić information content (AvgIpc) is 2.55. The first kappa shape index (κ1) is 20.2. The molecule has 1 heteroatoms. The van der Waals surface area contributed by atoms with Gasteiger partial charge in [-0.2, -0.15) is 0 Å². The smallest absolute Gasteiger partial charge is 0.171 e. The predicted molar refractivity (Wildman–Crippen MR) is 102 cm³/mol. The molecule has 23 heavy (non-hydrogen) atoms. The summed E-state index contributed by atoms with van der Waals surface area (Å²) in [5, 5.41) is 0. The van der Waals surface area contributed by atoms with Gasteiger partial charge in [0.2, 0.25) is 0 Å². The van der Waals surface area contributed by atoms with Gasteiger partial charge in [-0.25, -0.2) is 4.57 Å². The van der Waals surface area contributed by atoms with E-state index in [1.807, 2.05) is 0 Å². The number of hydrogen-bond donors (Lipinski definition) is 0. The molecule has 1 nitrogen and oxygen atoms in total. The summed E-state index contributed by atoms with van der Waals surface area (Å²) in [4.78, 5) is 0. The van der Waals surface area contributed by atoms with Crippen LogP contribution in [0.3, 0.4) is 0 Å². The Bertz CT molecular complexity index is 365. The molecule has 0 aliphatic rings. The Hall–Kier alpha value is -0.850. The van der Waals surface area contributed by atoms with Crippen molar-refractivity contribution >= 4 is 0 Å². The van der Waals surface area contributed by atoms with Crippen molar-refractivity contribution in [2.24, 2.45) is 0 Å². The Morgan fingerprint density at radius 3 is 1.52 bits per heavy atom. The van der Waals surface area contributed by atoms with Crippen LogP contribution in [0.4, 0.5) is 0 Å². The number of nitrogens with zero attached hydrogens (tertiary/aromatic N) is 1. The Balaban J connectivity index is 2.48. The fraction of sp³-hybridized carbons (Fsp3) is 0.773. The molecule has 0 fully saturated rings. The number of hydrogen-bond acceptors (Lipinski definition) is 0. The summed E-state index contributed by atoms with van der Waals surface area (Å²) >= 11 is 0. The minimum Gasteiger partial charge on any atom is -0.205 e. The van der Waals surface area contributed by atoms with Crippen LogP contribution in [0.25, 0.3) is 0 Å². The molecule has 0 saturated carbocycles. The molecule has 0 spiro atoms. The third-order valence-electron chi connectivity index (χ3n) is 4.65. The highest BCUT2D eigenvalue weighted by molar-refractivity contribution is 5.15.